The Balaban J connectivity index is 4.86. The van der Waals surface area contributed by atoms with E-state index in [0.717, 1.165) is 5.67 Å². The maximum atomic E-state index is 4.13. The average molecular weight is 227 g/mol. The fourth-order valence-electron chi connectivity index (χ4n) is 2.69. The van der Waals surface area contributed by atoms with Crippen LogP contribution in [0.4, 0.5) is 0 Å². The van der Waals surface area contributed by atoms with Crippen molar-refractivity contribution in [3.05, 3.63) is 12.2 Å². The lowest BCUT2D eigenvalue weighted by molar-refractivity contribution is 0.379. The number of hydrogen-bond donors (Lipinski definition) is 0. The van der Waals surface area contributed by atoms with Crippen LogP contribution in [0.25, 0.3) is 0 Å². The van der Waals surface area contributed by atoms with Crippen LogP contribution in [0, 0.1) is 0 Å². The van der Waals surface area contributed by atoms with Crippen LogP contribution in [-0.4, -0.2) is 32.7 Å². The third-order valence-electron chi connectivity index (χ3n) is 3.77. The summed E-state index contributed by atoms with van der Waals surface area (Å²) in [5.41, 5.74) is 2.14. The molecule has 0 aliphatic heterocycles. The first kappa shape index (κ1) is 14.9. The highest BCUT2D eigenvalue weighted by Gasteiger charge is 2.36. The molecule has 0 aliphatic carbocycles. The second-order valence-corrected chi connectivity index (χ2v) is 10.4. The summed E-state index contributed by atoms with van der Waals surface area (Å²) in [6, 6.07) is 4.12. The van der Waals surface area contributed by atoms with Gasteiger partial charge in [0.2, 0.25) is 0 Å². The van der Waals surface area contributed by atoms with Crippen molar-refractivity contribution in [1.82, 2.24) is 4.90 Å². The van der Waals surface area contributed by atoms with Gasteiger partial charge in [0.05, 0.1) is 8.07 Å². The van der Waals surface area contributed by atoms with Crippen molar-refractivity contribution >= 4 is 8.07 Å². The molecular weight excluding hydrogens is 198 g/mol. The first-order valence-electron chi connectivity index (χ1n) is 6.20. The lowest BCUT2D eigenvalue weighted by atomic mass is 10.4. The topological polar surface area (TPSA) is 3.24 Å². The number of rotatable bonds is 7. The smallest absolute Gasteiger partial charge is 0.0762 e. The maximum absolute atomic E-state index is 4.13. The number of hydrogen-bond acceptors (Lipinski definition) is 1. The maximum Gasteiger partial charge on any atom is 0.0762 e. The number of nitrogens with zero attached hydrogens (tertiary/aromatic N) is 1. The van der Waals surface area contributed by atoms with E-state index < -0.39 is 8.07 Å². The Morgan fingerprint density at radius 1 is 1.33 bits per heavy atom. The van der Waals surface area contributed by atoms with Crippen LogP contribution in [0.1, 0.15) is 34.1 Å². The van der Waals surface area contributed by atoms with Crippen molar-refractivity contribution in [1.29, 1.82) is 0 Å². The van der Waals surface area contributed by atoms with E-state index in [-0.39, 0.29) is 0 Å². The molecule has 2 atom stereocenters. The summed E-state index contributed by atoms with van der Waals surface area (Å²) < 4.78 is 0. The van der Waals surface area contributed by atoms with Crippen LogP contribution in [0.5, 0.6) is 0 Å². The van der Waals surface area contributed by atoms with Gasteiger partial charge in [-0.3, -0.25) is 0 Å². The second kappa shape index (κ2) is 6.49. The van der Waals surface area contributed by atoms with Crippen molar-refractivity contribution in [2.24, 2.45) is 0 Å². The molecule has 0 bridgehead atoms. The predicted octanol–water partition coefficient (Wildman–Crippen LogP) is 3.93. The van der Waals surface area contributed by atoms with Crippen molar-refractivity contribution in [3.8, 4) is 0 Å². The normalized spacial score (nSPS) is 17.5. The van der Waals surface area contributed by atoms with E-state index in [1.807, 2.05) is 0 Å². The van der Waals surface area contributed by atoms with Gasteiger partial charge in [0.15, 0.2) is 0 Å². The van der Waals surface area contributed by atoms with E-state index in [9.17, 15) is 0 Å². The molecule has 2 unspecified atom stereocenters. The zero-order valence-electron chi connectivity index (χ0n) is 11.6. The molecule has 0 aliphatic rings. The third kappa shape index (κ3) is 4.11. The van der Waals surface area contributed by atoms with Gasteiger partial charge in [0.1, 0.15) is 0 Å². The summed E-state index contributed by atoms with van der Waals surface area (Å²) >= 11 is 0. The highest BCUT2D eigenvalue weighted by Crippen LogP contribution is 2.31. The average Bonchev–Trinajstić information content (AvgIpc) is 2.15. The molecule has 0 N–H and O–H groups in total. The molecule has 0 heterocycles. The molecular formula is C13H29NSi. The Bertz CT molecular complexity index is 201. The summed E-state index contributed by atoms with van der Waals surface area (Å²) in [5.74, 6) is 0. The highest BCUT2D eigenvalue weighted by molar-refractivity contribution is 6.81. The van der Waals surface area contributed by atoms with Crippen LogP contribution < -0.4 is 0 Å². The molecule has 0 aromatic carbocycles. The molecule has 15 heavy (non-hydrogen) atoms. The monoisotopic (exact) mass is 227 g/mol. The molecule has 0 saturated heterocycles. The standard InChI is InChI=1S/C13H29NSi/c1-8-10-15(9-2,11-12(3)4)13(5)14(6)7/h13H,3,8-11H2,1-2,4-7H3. The van der Waals surface area contributed by atoms with Crippen molar-refractivity contribution in [2.45, 2.75) is 57.9 Å². The first-order chi connectivity index (χ1) is 6.89. The van der Waals surface area contributed by atoms with E-state index in [2.05, 4.69) is 53.3 Å². The quantitative estimate of drug-likeness (QED) is 0.470. The van der Waals surface area contributed by atoms with Gasteiger partial charge in [-0.15, -0.1) is 6.58 Å². The van der Waals surface area contributed by atoms with Crippen LogP contribution in [0.2, 0.25) is 18.1 Å². The van der Waals surface area contributed by atoms with Crippen LogP contribution in [-0.2, 0) is 0 Å². The molecule has 0 saturated carbocycles. The molecule has 0 spiro atoms. The Kier molecular flexibility index (Phi) is 6.45. The molecule has 0 aromatic rings. The van der Waals surface area contributed by atoms with Gasteiger partial charge in [-0.25, -0.2) is 0 Å². The van der Waals surface area contributed by atoms with E-state index in [0.29, 0.717) is 0 Å². The Morgan fingerprint density at radius 3 is 2.13 bits per heavy atom. The van der Waals surface area contributed by atoms with Crippen LogP contribution >= 0.6 is 0 Å². The van der Waals surface area contributed by atoms with Crippen molar-refractivity contribution in [2.75, 3.05) is 14.1 Å². The van der Waals surface area contributed by atoms with Gasteiger partial charge in [0, 0.05) is 5.67 Å². The predicted molar refractivity (Wildman–Crippen MR) is 74.1 cm³/mol. The Labute approximate surface area is 97.6 Å². The first-order valence-corrected chi connectivity index (χ1v) is 8.90. The van der Waals surface area contributed by atoms with Gasteiger partial charge >= 0.3 is 0 Å². The summed E-state index contributed by atoms with van der Waals surface area (Å²) in [4.78, 5) is 2.41. The largest absolute Gasteiger partial charge is 0.309 e. The molecule has 90 valence electrons. The molecule has 1 nitrogen and oxygen atoms in total. The van der Waals surface area contributed by atoms with Crippen molar-refractivity contribution in [3.63, 3.8) is 0 Å². The SMILES string of the molecule is C=C(C)C[Si](CC)(CCC)C(C)N(C)C. The molecule has 0 amide bonds. The van der Waals surface area contributed by atoms with E-state index in [4.69, 9.17) is 0 Å². The minimum absolute atomic E-state index is 0.763. The van der Waals surface area contributed by atoms with Gasteiger partial charge in [-0.2, -0.15) is 0 Å². The lowest BCUT2D eigenvalue weighted by Gasteiger charge is -2.40. The van der Waals surface area contributed by atoms with Gasteiger partial charge < -0.3 is 4.90 Å². The van der Waals surface area contributed by atoms with E-state index >= 15 is 0 Å². The van der Waals surface area contributed by atoms with E-state index in [1.165, 1.54) is 30.1 Å². The van der Waals surface area contributed by atoms with Crippen LogP contribution in [0.3, 0.4) is 0 Å². The molecule has 2 heteroatoms. The second-order valence-electron chi connectivity index (χ2n) is 5.24. The molecule has 0 radical (unpaired) electrons. The fraction of sp³-hybridized carbons (Fsp3) is 0.846. The zero-order chi connectivity index (χ0) is 12.1. The van der Waals surface area contributed by atoms with Crippen LogP contribution in [0.15, 0.2) is 12.2 Å². The van der Waals surface area contributed by atoms with Gasteiger partial charge in [-0.05, 0) is 27.1 Å². The van der Waals surface area contributed by atoms with E-state index in [1.54, 1.807) is 0 Å². The summed E-state index contributed by atoms with van der Waals surface area (Å²) in [5, 5.41) is 0. The Hall–Kier alpha value is -0.0831. The zero-order valence-corrected chi connectivity index (χ0v) is 12.6. The van der Waals surface area contributed by atoms with Crippen molar-refractivity contribution < 1.29 is 0 Å². The summed E-state index contributed by atoms with van der Waals surface area (Å²) in [6.45, 7) is 13.4. The molecule has 0 rings (SSSR count). The summed E-state index contributed by atoms with van der Waals surface area (Å²) in [7, 11) is 3.26. The number of allylic oxidation sites excluding steroid dienone is 1. The molecule has 0 aromatic heterocycles. The minimum Gasteiger partial charge on any atom is -0.309 e. The van der Waals surface area contributed by atoms with Gasteiger partial charge in [0.25, 0.3) is 0 Å². The summed E-state index contributed by atoms with van der Waals surface area (Å²) in [6.07, 6.45) is 1.32. The third-order valence-corrected chi connectivity index (χ3v) is 10.3. The minimum atomic E-state index is -1.17. The lowest BCUT2D eigenvalue weighted by Crippen LogP contribution is -2.52. The van der Waals surface area contributed by atoms with Gasteiger partial charge in [-0.1, -0.05) is 44.9 Å². The highest BCUT2D eigenvalue weighted by atomic mass is 28.3. The molecule has 0 fully saturated rings. The fourth-order valence-corrected chi connectivity index (χ4v) is 8.07. The Morgan fingerprint density at radius 2 is 1.87 bits per heavy atom.